The van der Waals surface area contributed by atoms with Crippen molar-refractivity contribution in [2.75, 3.05) is 0 Å². The average Bonchev–Trinajstić information content (AvgIpc) is 2.15. The predicted molar refractivity (Wildman–Crippen MR) is 54.2 cm³/mol. The minimum Gasteiger partial charge on any atom is -0.303 e. The van der Waals surface area contributed by atoms with Crippen molar-refractivity contribution in [1.82, 2.24) is 0 Å². The van der Waals surface area contributed by atoms with Gasteiger partial charge in [0.05, 0.1) is 0 Å². The highest BCUT2D eigenvalue weighted by Crippen LogP contribution is 2.00. The van der Waals surface area contributed by atoms with Crippen LogP contribution in [0.15, 0.2) is 30.3 Å². The first-order valence-electron chi connectivity index (χ1n) is 3.94. The average molecular weight is 216 g/mol. The van der Waals surface area contributed by atoms with Crippen molar-refractivity contribution < 1.29 is 18.1 Å². The van der Waals surface area contributed by atoms with Crippen LogP contribution in [0.4, 0.5) is 0 Å². The zero-order valence-electron chi connectivity index (χ0n) is 7.50. The molecule has 4 nitrogen and oxygen atoms in total. The molecule has 0 amide bonds. The van der Waals surface area contributed by atoms with E-state index in [1.807, 2.05) is 30.3 Å². The van der Waals surface area contributed by atoms with Crippen LogP contribution in [-0.2, 0) is 22.6 Å². The molecule has 2 N–H and O–H groups in total. The van der Waals surface area contributed by atoms with E-state index in [-0.39, 0.29) is 0 Å². The van der Waals surface area contributed by atoms with Crippen LogP contribution in [0.3, 0.4) is 0 Å². The minimum atomic E-state index is -2.61. The Kier molecular flexibility index (Phi) is 7.92. The van der Waals surface area contributed by atoms with Crippen LogP contribution in [0.1, 0.15) is 12.0 Å². The van der Waals surface area contributed by atoms with Crippen molar-refractivity contribution in [3.05, 3.63) is 35.9 Å². The topological polar surface area (TPSA) is 74.6 Å². The summed E-state index contributed by atoms with van der Waals surface area (Å²) in [4.78, 5) is 9.98. The van der Waals surface area contributed by atoms with Crippen LogP contribution >= 0.6 is 0 Å². The Hall–Kier alpha value is -1.04. The number of rotatable bonds is 3. The van der Waals surface area contributed by atoms with E-state index in [4.69, 9.17) is 13.3 Å². The lowest BCUT2D eigenvalue weighted by atomic mass is 10.1. The Morgan fingerprint density at radius 2 is 1.71 bits per heavy atom. The van der Waals surface area contributed by atoms with Gasteiger partial charge in [-0.15, -0.1) is 0 Å². The Morgan fingerprint density at radius 1 is 1.21 bits per heavy atom. The summed E-state index contributed by atoms with van der Waals surface area (Å²) in [5.74, 6) is 0. The molecular weight excluding hydrogens is 204 g/mol. The highest BCUT2D eigenvalue weighted by Gasteiger charge is 1.87. The first-order valence-corrected chi connectivity index (χ1v) is 5.00. The summed E-state index contributed by atoms with van der Waals surface area (Å²) in [7, 11) is 0. The summed E-state index contributed by atoms with van der Waals surface area (Å²) < 4.78 is 22.8. The number of benzene rings is 1. The number of hydrogen-bond donors (Lipinski definition) is 2. The fraction of sp³-hybridized carbons (Fsp3) is 0.222. The van der Waals surface area contributed by atoms with E-state index < -0.39 is 11.4 Å². The molecule has 0 aliphatic heterocycles. The Labute approximate surface area is 85.1 Å². The molecule has 5 heteroatoms. The normalized spacial score (nSPS) is 9.07. The maximum Gasteiger partial charge on any atom is 0.299 e. The van der Waals surface area contributed by atoms with E-state index in [1.54, 1.807) is 0 Å². The molecule has 0 saturated carbocycles. The van der Waals surface area contributed by atoms with Gasteiger partial charge in [0.2, 0.25) is 0 Å². The van der Waals surface area contributed by atoms with Gasteiger partial charge >= 0.3 is 0 Å². The molecule has 0 aromatic heterocycles. The predicted octanol–water partition coefficient (Wildman–Crippen LogP) is 1.50. The molecular formula is C9H12O4S. The molecule has 0 radical (unpaired) electrons. The standard InChI is InChI=1S/C9H10O.H2O3S/c10-8-4-7-9-5-2-1-3-6-9;1-4(2)3/h1-3,5-6,8H,4,7H2;(H2,1,2,3). The van der Waals surface area contributed by atoms with E-state index in [0.29, 0.717) is 6.42 Å². The second-order valence-electron chi connectivity index (χ2n) is 2.42. The Balaban J connectivity index is 0.000000364. The van der Waals surface area contributed by atoms with Crippen molar-refractivity contribution in [3.8, 4) is 0 Å². The van der Waals surface area contributed by atoms with E-state index in [0.717, 1.165) is 12.7 Å². The van der Waals surface area contributed by atoms with Gasteiger partial charge in [-0.05, 0) is 12.0 Å². The van der Waals surface area contributed by atoms with Gasteiger partial charge in [0, 0.05) is 6.42 Å². The smallest absolute Gasteiger partial charge is 0.299 e. The first kappa shape index (κ1) is 13.0. The Bertz CT molecular complexity index is 269. The highest BCUT2D eigenvalue weighted by atomic mass is 32.2. The molecule has 0 aliphatic rings. The number of carbonyl (C=O) groups is 1. The van der Waals surface area contributed by atoms with Gasteiger partial charge in [-0.2, -0.15) is 4.21 Å². The lowest BCUT2D eigenvalue weighted by molar-refractivity contribution is -0.107. The fourth-order valence-corrected chi connectivity index (χ4v) is 0.870. The third-order valence-electron chi connectivity index (χ3n) is 1.39. The molecule has 0 saturated heterocycles. The number of carbonyl (C=O) groups excluding carboxylic acids is 1. The van der Waals surface area contributed by atoms with Crippen LogP contribution in [0.2, 0.25) is 0 Å². The van der Waals surface area contributed by atoms with Crippen molar-refractivity contribution >= 4 is 17.6 Å². The first-order chi connectivity index (χ1) is 6.66. The molecule has 0 fully saturated rings. The van der Waals surface area contributed by atoms with Crippen molar-refractivity contribution in [2.24, 2.45) is 0 Å². The number of hydrogen-bond acceptors (Lipinski definition) is 2. The summed E-state index contributed by atoms with van der Waals surface area (Å²) >= 11 is -2.61. The van der Waals surface area contributed by atoms with Crippen LogP contribution in [0, 0.1) is 0 Å². The van der Waals surface area contributed by atoms with Crippen LogP contribution < -0.4 is 0 Å². The summed E-state index contributed by atoms with van der Waals surface area (Å²) in [6, 6.07) is 10.0. The lowest BCUT2D eigenvalue weighted by Gasteiger charge is -1.93. The fourth-order valence-electron chi connectivity index (χ4n) is 0.870. The maximum absolute atomic E-state index is 9.98. The third-order valence-corrected chi connectivity index (χ3v) is 1.39. The van der Waals surface area contributed by atoms with E-state index in [1.165, 1.54) is 5.56 Å². The molecule has 0 unspecified atom stereocenters. The molecule has 0 heterocycles. The minimum absolute atomic E-state index is 0.629. The number of aldehydes is 1. The summed E-state index contributed by atoms with van der Waals surface area (Å²) in [5.41, 5.74) is 1.23. The molecule has 0 bridgehead atoms. The molecule has 1 rings (SSSR count). The van der Waals surface area contributed by atoms with Gasteiger partial charge in [0.25, 0.3) is 11.4 Å². The molecule has 78 valence electrons. The van der Waals surface area contributed by atoms with Crippen molar-refractivity contribution in [3.63, 3.8) is 0 Å². The maximum atomic E-state index is 9.98. The highest BCUT2D eigenvalue weighted by molar-refractivity contribution is 7.73. The number of aryl methyl sites for hydroxylation is 1. The third kappa shape index (κ3) is 9.05. The van der Waals surface area contributed by atoms with Crippen LogP contribution in [0.5, 0.6) is 0 Å². The zero-order chi connectivity index (χ0) is 10.8. The zero-order valence-corrected chi connectivity index (χ0v) is 8.31. The van der Waals surface area contributed by atoms with Gasteiger partial charge in [0.15, 0.2) is 0 Å². The van der Waals surface area contributed by atoms with Gasteiger partial charge in [0.1, 0.15) is 6.29 Å². The molecule has 14 heavy (non-hydrogen) atoms. The van der Waals surface area contributed by atoms with E-state index >= 15 is 0 Å². The molecule has 0 aliphatic carbocycles. The van der Waals surface area contributed by atoms with Crippen molar-refractivity contribution in [1.29, 1.82) is 0 Å². The lowest BCUT2D eigenvalue weighted by Crippen LogP contribution is -1.83. The second-order valence-corrected chi connectivity index (χ2v) is 2.88. The largest absolute Gasteiger partial charge is 0.303 e. The van der Waals surface area contributed by atoms with Crippen LogP contribution in [0.25, 0.3) is 0 Å². The summed E-state index contributed by atoms with van der Waals surface area (Å²) in [6.07, 6.45) is 2.45. The van der Waals surface area contributed by atoms with Gasteiger partial charge in [-0.1, -0.05) is 30.3 Å². The molecule has 0 spiro atoms. The van der Waals surface area contributed by atoms with Gasteiger partial charge in [-0.3, -0.25) is 9.11 Å². The monoisotopic (exact) mass is 216 g/mol. The summed E-state index contributed by atoms with van der Waals surface area (Å²) in [6.45, 7) is 0. The summed E-state index contributed by atoms with van der Waals surface area (Å²) in [5, 5.41) is 0. The second kappa shape index (κ2) is 8.55. The van der Waals surface area contributed by atoms with E-state index in [2.05, 4.69) is 0 Å². The van der Waals surface area contributed by atoms with Gasteiger partial charge in [-0.25, -0.2) is 0 Å². The van der Waals surface area contributed by atoms with E-state index in [9.17, 15) is 4.79 Å². The SMILES string of the molecule is O=CCCc1ccccc1.O=S(O)O. The van der Waals surface area contributed by atoms with Crippen LogP contribution in [-0.4, -0.2) is 19.6 Å². The molecule has 0 atom stereocenters. The molecule has 1 aromatic carbocycles. The quantitative estimate of drug-likeness (QED) is 0.593. The molecule has 1 aromatic rings. The Morgan fingerprint density at radius 3 is 2.14 bits per heavy atom. The van der Waals surface area contributed by atoms with Crippen molar-refractivity contribution in [2.45, 2.75) is 12.8 Å². The van der Waals surface area contributed by atoms with Gasteiger partial charge < -0.3 is 4.79 Å².